The molecular weight excluding hydrogens is 359 g/mol. The van der Waals surface area contributed by atoms with E-state index in [1.165, 1.54) is 30.0 Å². The van der Waals surface area contributed by atoms with Crippen LogP contribution in [0.25, 0.3) is 0 Å². The maximum atomic E-state index is 13.5. The topological polar surface area (TPSA) is 95.5 Å². The molecule has 2 rings (SSSR count). The van der Waals surface area contributed by atoms with Gasteiger partial charge in [-0.05, 0) is 30.3 Å². The van der Waals surface area contributed by atoms with Gasteiger partial charge in [-0.2, -0.15) is 0 Å². The van der Waals surface area contributed by atoms with Crippen molar-refractivity contribution in [2.75, 3.05) is 16.4 Å². The molecule has 0 bridgehead atoms. The normalized spacial score (nSPS) is 10.5. The highest BCUT2D eigenvalue weighted by atomic mass is 32.2. The van der Waals surface area contributed by atoms with E-state index in [1.807, 2.05) is 0 Å². The van der Waals surface area contributed by atoms with E-state index in [4.69, 9.17) is 5.11 Å². The minimum atomic E-state index is -1.22. The number of anilines is 2. The fraction of sp³-hybridized carbons (Fsp3) is 0.0556. The number of hydrogen-bond donors (Lipinski definition) is 3. The molecule has 0 heterocycles. The lowest BCUT2D eigenvalue weighted by Gasteiger charge is -2.07. The van der Waals surface area contributed by atoms with Crippen LogP contribution in [0.3, 0.4) is 0 Å². The fourth-order valence-corrected chi connectivity index (χ4v) is 2.65. The van der Waals surface area contributed by atoms with Crippen LogP contribution in [0, 0.1) is 5.82 Å². The third-order valence-corrected chi connectivity index (χ3v) is 3.99. The molecule has 0 saturated carbocycles. The quantitative estimate of drug-likeness (QED) is 0.511. The van der Waals surface area contributed by atoms with Crippen LogP contribution in [-0.4, -0.2) is 28.6 Å². The van der Waals surface area contributed by atoms with E-state index in [0.29, 0.717) is 10.6 Å². The van der Waals surface area contributed by atoms with Gasteiger partial charge < -0.3 is 15.7 Å². The average molecular weight is 374 g/mol. The summed E-state index contributed by atoms with van der Waals surface area (Å²) in [7, 11) is 0. The van der Waals surface area contributed by atoms with Crippen LogP contribution in [0.15, 0.2) is 65.6 Å². The summed E-state index contributed by atoms with van der Waals surface area (Å²) < 4.78 is 13.5. The number of carboxylic acid groups (broad SMARTS) is 1. The molecule has 0 aliphatic rings. The third kappa shape index (κ3) is 6.40. The van der Waals surface area contributed by atoms with Crippen molar-refractivity contribution in [2.45, 2.75) is 4.90 Å². The second-order valence-corrected chi connectivity index (χ2v) is 6.05. The monoisotopic (exact) mass is 374 g/mol. The number of carboxylic acids is 1. The van der Waals surface area contributed by atoms with E-state index in [9.17, 15) is 18.8 Å². The molecule has 0 aliphatic carbocycles. The molecule has 0 aromatic heterocycles. The van der Waals surface area contributed by atoms with Gasteiger partial charge in [-0.25, -0.2) is 9.18 Å². The molecule has 0 unspecified atom stereocenters. The first kappa shape index (κ1) is 19.2. The van der Waals surface area contributed by atoms with Crippen LogP contribution in [0.2, 0.25) is 0 Å². The van der Waals surface area contributed by atoms with Crippen molar-refractivity contribution >= 4 is 40.9 Å². The van der Waals surface area contributed by atoms with Gasteiger partial charge in [0.15, 0.2) is 0 Å². The van der Waals surface area contributed by atoms with Crippen LogP contribution in [0.4, 0.5) is 15.8 Å². The van der Waals surface area contributed by atoms with Crippen LogP contribution in [0.1, 0.15) is 0 Å². The fourth-order valence-electron chi connectivity index (χ4n) is 1.89. The minimum Gasteiger partial charge on any atom is -0.478 e. The van der Waals surface area contributed by atoms with E-state index in [2.05, 4.69) is 10.6 Å². The lowest BCUT2D eigenvalue weighted by atomic mass is 10.3. The molecule has 6 nitrogen and oxygen atoms in total. The average Bonchev–Trinajstić information content (AvgIpc) is 2.60. The predicted molar refractivity (Wildman–Crippen MR) is 97.6 cm³/mol. The zero-order valence-electron chi connectivity index (χ0n) is 13.4. The molecule has 0 radical (unpaired) electrons. The van der Waals surface area contributed by atoms with Crippen molar-refractivity contribution in [3.05, 3.63) is 66.5 Å². The first-order chi connectivity index (χ1) is 12.4. The van der Waals surface area contributed by atoms with Crippen LogP contribution >= 0.6 is 11.8 Å². The van der Waals surface area contributed by atoms with Gasteiger partial charge in [0.25, 0.3) is 0 Å². The van der Waals surface area contributed by atoms with Crippen molar-refractivity contribution in [3.8, 4) is 0 Å². The SMILES string of the molecule is O=C(O)/C=C/C(=O)Nc1cccc(SCC(=O)Nc2ccccc2F)c1. The Balaban J connectivity index is 1.90. The first-order valence-corrected chi connectivity index (χ1v) is 8.42. The van der Waals surface area contributed by atoms with E-state index in [-0.39, 0.29) is 17.3 Å². The summed E-state index contributed by atoms with van der Waals surface area (Å²) in [6, 6.07) is 12.6. The molecule has 26 heavy (non-hydrogen) atoms. The molecule has 3 N–H and O–H groups in total. The Morgan fingerprint density at radius 3 is 2.54 bits per heavy atom. The lowest BCUT2D eigenvalue weighted by molar-refractivity contribution is -0.131. The van der Waals surface area contributed by atoms with Gasteiger partial charge in [0.05, 0.1) is 11.4 Å². The third-order valence-electron chi connectivity index (χ3n) is 3.00. The number of thioether (sulfide) groups is 1. The standard InChI is InChI=1S/C18H15FN2O4S/c19-14-6-1-2-7-15(14)21-17(23)11-26-13-5-3-4-12(10-13)20-16(22)8-9-18(24)25/h1-10H,11H2,(H,20,22)(H,21,23)(H,24,25)/b9-8+. The summed E-state index contributed by atoms with van der Waals surface area (Å²) in [4.78, 5) is 34.6. The van der Waals surface area contributed by atoms with E-state index in [1.54, 1.807) is 30.3 Å². The Morgan fingerprint density at radius 1 is 1.04 bits per heavy atom. The highest BCUT2D eigenvalue weighted by Gasteiger charge is 2.07. The van der Waals surface area contributed by atoms with Crippen molar-refractivity contribution in [3.63, 3.8) is 0 Å². The minimum absolute atomic E-state index is 0.0602. The van der Waals surface area contributed by atoms with E-state index < -0.39 is 17.7 Å². The number of aliphatic carboxylic acids is 1. The van der Waals surface area contributed by atoms with Crippen molar-refractivity contribution < 1.29 is 23.9 Å². The van der Waals surface area contributed by atoms with Crippen molar-refractivity contribution in [1.29, 1.82) is 0 Å². The van der Waals surface area contributed by atoms with Crippen molar-refractivity contribution in [2.24, 2.45) is 0 Å². The summed E-state index contributed by atoms with van der Waals surface area (Å²) in [5.41, 5.74) is 0.578. The van der Waals surface area contributed by atoms with Gasteiger partial charge in [0.2, 0.25) is 11.8 Å². The van der Waals surface area contributed by atoms with Gasteiger partial charge in [-0.15, -0.1) is 11.8 Å². The summed E-state index contributed by atoms with van der Waals surface area (Å²) in [6.07, 6.45) is 1.64. The zero-order valence-corrected chi connectivity index (χ0v) is 14.3. The van der Waals surface area contributed by atoms with Crippen molar-refractivity contribution in [1.82, 2.24) is 0 Å². The lowest BCUT2D eigenvalue weighted by Crippen LogP contribution is -2.15. The molecule has 0 spiro atoms. The highest BCUT2D eigenvalue weighted by molar-refractivity contribution is 8.00. The Hall–Kier alpha value is -3.13. The number of halogens is 1. The number of nitrogens with one attached hydrogen (secondary N) is 2. The summed E-state index contributed by atoms with van der Waals surface area (Å²) in [5, 5.41) is 13.5. The number of amides is 2. The zero-order chi connectivity index (χ0) is 18.9. The van der Waals surface area contributed by atoms with E-state index in [0.717, 1.165) is 12.2 Å². The van der Waals surface area contributed by atoms with Gasteiger partial charge in [-0.3, -0.25) is 9.59 Å². The molecule has 134 valence electrons. The second kappa shape index (κ2) is 9.38. The van der Waals surface area contributed by atoms with Gasteiger partial charge in [-0.1, -0.05) is 18.2 Å². The molecule has 2 amide bonds. The first-order valence-electron chi connectivity index (χ1n) is 7.43. The summed E-state index contributed by atoms with van der Waals surface area (Å²) in [6.45, 7) is 0. The van der Waals surface area contributed by atoms with Gasteiger partial charge >= 0.3 is 5.97 Å². The Kier molecular flexibility index (Phi) is 6.92. The summed E-state index contributed by atoms with van der Waals surface area (Å²) >= 11 is 1.22. The predicted octanol–water partition coefficient (Wildman–Crippen LogP) is 3.14. The number of carbonyl (C=O) groups excluding carboxylic acids is 2. The number of hydrogen-bond acceptors (Lipinski definition) is 4. The maximum Gasteiger partial charge on any atom is 0.328 e. The molecule has 8 heteroatoms. The number of carbonyl (C=O) groups is 3. The molecule has 2 aromatic carbocycles. The largest absolute Gasteiger partial charge is 0.478 e. The molecule has 0 saturated heterocycles. The van der Waals surface area contributed by atoms with Crippen LogP contribution in [-0.2, 0) is 14.4 Å². The smallest absolute Gasteiger partial charge is 0.328 e. The second-order valence-electron chi connectivity index (χ2n) is 5.01. The Bertz CT molecular complexity index is 855. The van der Waals surface area contributed by atoms with Gasteiger partial charge in [0.1, 0.15) is 5.82 Å². The number of benzene rings is 2. The Labute approximate surface area is 153 Å². The molecule has 0 atom stereocenters. The Morgan fingerprint density at radius 2 is 1.81 bits per heavy atom. The molecule has 0 fully saturated rings. The molecule has 2 aromatic rings. The molecular formula is C18H15FN2O4S. The van der Waals surface area contributed by atoms with Crippen LogP contribution < -0.4 is 10.6 Å². The van der Waals surface area contributed by atoms with E-state index >= 15 is 0 Å². The number of rotatable bonds is 7. The van der Waals surface area contributed by atoms with Gasteiger partial charge in [0, 0.05) is 22.7 Å². The van der Waals surface area contributed by atoms with Crippen LogP contribution in [0.5, 0.6) is 0 Å². The summed E-state index contributed by atoms with van der Waals surface area (Å²) in [5.74, 6) is -2.61. The highest BCUT2D eigenvalue weighted by Crippen LogP contribution is 2.22. The number of para-hydroxylation sites is 1. The molecule has 0 aliphatic heterocycles. The maximum absolute atomic E-state index is 13.5.